The molecular formula is C11H17N5O3S. The Morgan fingerprint density at radius 3 is 3.05 bits per heavy atom. The van der Waals surface area contributed by atoms with Crippen LogP contribution in [0.15, 0.2) is 12.4 Å². The predicted molar refractivity (Wildman–Crippen MR) is 73.5 cm³/mol. The van der Waals surface area contributed by atoms with Gasteiger partial charge in [0.25, 0.3) is 0 Å². The third kappa shape index (κ3) is 3.86. The lowest BCUT2D eigenvalue weighted by Crippen LogP contribution is -2.53. The van der Waals surface area contributed by atoms with Gasteiger partial charge in [0, 0.05) is 37.3 Å². The molecule has 0 aliphatic carbocycles. The summed E-state index contributed by atoms with van der Waals surface area (Å²) in [4.78, 5) is 24.5. The minimum absolute atomic E-state index is 0.309. The average Bonchev–Trinajstić information content (AvgIpc) is 2.96. The van der Waals surface area contributed by atoms with Gasteiger partial charge in [0.05, 0.1) is 6.20 Å². The molecule has 1 atom stereocenters. The van der Waals surface area contributed by atoms with Crippen LogP contribution in [0.25, 0.3) is 0 Å². The molecule has 2 rings (SSSR count). The maximum absolute atomic E-state index is 12.0. The van der Waals surface area contributed by atoms with Gasteiger partial charge in [-0.25, -0.2) is 9.59 Å². The van der Waals surface area contributed by atoms with Crippen molar-refractivity contribution in [3.8, 4) is 0 Å². The molecule has 1 aromatic rings. The molecule has 1 unspecified atom stereocenters. The zero-order valence-electron chi connectivity index (χ0n) is 10.9. The van der Waals surface area contributed by atoms with Crippen LogP contribution in [0.5, 0.6) is 0 Å². The summed E-state index contributed by atoms with van der Waals surface area (Å²) in [6.07, 6.45) is 4.07. The summed E-state index contributed by atoms with van der Waals surface area (Å²) in [6, 6.07) is -1.04. The zero-order valence-corrected chi connectivity index (χ0v) is 11.8. The topological polar surface area (TPSA) is 100 Å². The lowest BCUT2D eigenvalue weighted by atomic mass is 10.3. The van der Waals surface area contributed by atoms with Crippen molar-refractivity contribution in [1.29, 1.82) is 0 Å². The number of carboxylic acid groups (broad SMARTS) is 1. The highest BCUT2D eigenvalue weighted by Gasteiger charge is 2.32. The highest BCUT2D eigenvalue weighted by atomic mass is 32.2. The molecule has 20 heavy (non-hydrogen) atoms. The number of nitrogens with one attached hydrogen (secondary N) is 1. The molecule has 110 valence electrons. The molecule has 0 bridgehead atoms. The SMILES string of the molecule is O=C(O)C1CSCCN1C(=O)NCCCn1ccnn1. The molecule has 0 saturated carbocycles. The van der Waals surface area contributed by atoms with Gasteiger partial charge in [0.1, 0.15) is 6.04 Å². The van der Waals surface area contributed by atoms with Crippen molar-refractivity contribution in [2.75, 3.05) is 24.6 Å². The van der Waals surface area contributed by atoms with E-state index in [1.165, 1.54) is 4.90 Å². The molecule has 1 saturated heterocycles. The van der Waals surface area contributed by atoms with E-state index in [4.69, 9.17) is 5.11 Å². The molecule has 8 nitrogen and oxygen atoms in total. The van der Waals surface area contributed by atoms with Crippen molar-refractivity contribution in [1.82, 2.24) is 25.2 Å². The summed E-state index contributed by atoms with van der Waals surface area (Å²) in [5, 5.41) is 19.4. The molecule has 1 aliphatic rings. The Bertz CT molecular complexity index is 453. The van der Waals surface area contributed by atoms with E-state index < -0.39 is 12.0 Å². The molecule has 0 radical (unpaired) electrons. The van der Waals surface area contributed by atoms with Crippen LogP contribution in [0.3, 0.4) is 0 Å². The van der Waals surface area contributed by atoms with Crippen LogP contribution in [-0.4, -0.2) is 67.6 Å². The fraction of sp³-hybridized carbons (Fsp3) is 0.636. The van der Waals surface area contributed by atoms with E-state index in [0.29, 0.717) is 25.4 Å². The fourth-order valence-electron chi connectivity index (χ4n) is 1.94. The van der Waals surface area contributed by atoms with Crippen molar-refractivity contribution in [2.45, 2.75) is 19.0 Å². The van der Waals surface area contributed by atoms with Crippen LogP contribution in [0.1, 0.15) is 6.42 Å². The molecular weight excluding hydrogens is 282 g/mol. The third-order valence-electron chi connectivity index (χ3n) is 2.99. The number of aromatic nitrogens is 3. The number of nitrogens with zero attached hydrogens (tertiary/aromatic N) is 4. The lowest BCUT2D eigenvalue weighted by molar-refractivity contribution is -0.141. The van der Waals surface area contributed by atoms with Gasteiger partial charge < -0.3 is 15.3 Å². The molecule has 1 aliphatic heterocycles. The van der Waals surface area contributed by atoms with Gasteiger partial charge in [0.15, 0.2) is 0 Å². The minimum atomic E-state index is -0.949. The van der Waals surface area contributed by atoms with E-state index in [0.717, 1.165) is 12.2 Å². The van der Waals surface area contributed by atoms with Crippen molar-refractivity contribution in [3.05, 3.63) is 12.4 Å². The number of rotatable bonds is 5. The van der Waals surface area contributed by atoms with Gasteiger partial charge in [-0.3, -0.25) is 4.68 Å². The maximum Gasteiger partial charge on any atom is 0.327 e. The fourth-order valence-corrected chi connectivity index (χ4v) is 2.98. The van der Waals surface area contributed by atoms with Gasteiger partial charge in [0.2, 0.25) is 0 Å². The second-order valence-electron chi connectivity index (χ2n) is 4.37. The van der Waals surface area contributed by atoms with E-state index in [1.54, 1.807) is 28.8 Å². The average molecular weight is 299 g/mol. The number of carboxylic acids is 1. The number of aryl methyl sites for hydroxylation is 1. The van der Waals surface area contributed by atoms with Crippen LogP contribution in [0, 0.1) is 0 Å². The van der Waals surface area contributed by atoms with Crippen LogP contribution < -0.4 is 5.32 Å². The molecule has 2 heterocycles. The summed E-state index contributed by atoms with van der Waals surface area (Å²) in [5.74, 6) is 0.271. The van der Waals surface area contributed by atoms with Crippen LogP contribution in [0.4, 0.5) is 4.79 Å². The molecule has 0 aromatic carbocycles. The normalized spacial score (nSPS) is 18.8. The third-order valence-corrected chi connectivity index (χ3v) is 4.01. The number of carbonyl (C=O) groups is 2. The Hall–Kier alpha value is -1.77. The van der Waals surface area contributed by atoms with Crippen LogP contribution in [-0.2, 0) is 11.3 Å². The Labute approximate surface area is 120 Å². The first kappa shape index (κ1) is 14.6. The first-order chi connectivity index (χ1) is 9.68. The van der Waals surface area contributed by atoms with Crippen molar-refractivity contribution < 1.29 is 14.7 Å². The maximum atomic E-state index is 12.0. The van der Waals surface area contributed by atoms with Gasteiger partial charge in [-0.05, 0) is 6.42 Å². The van der Waals surface area contributed by atoms with E-state index in [9.17, 15) is 9.59 Å². The predicted octanol–water partition coefficient (Wildman–Crippen LogP) is -0.120. The van der Waals surface area contributed by atoms with Gasteiger partial charge >= 0.3 is 12.0 Å². The molecule has 2 amide bonds. The first-order valence-corrected chi connectivity index (χ1v) is 7.53. The quantitative estimate of drug-likeness (QED) is 0.735. The van der Waals surface area contributed by atoms with Gasteiger partial charge in [-0.2, -0.15) is 11.8 Å². The van der Waals surface area contributed by atoms with E-state index in [2.05, 4.69) is 15.6 Å². The highest BCUT2D eigenvalue weighted by molar-refractivity contribution is 7.99. The second-order valence-corrected chi connectivity index (χ2v) is 5.52. The smallest absolute Gasteiger partial charge is 0.327 e. The van der Waals surface area contributed by atoms with Crippen LogP contribution in [0.2, 0.25) is 0 Å². The molecule has 2 N–H and O–H groups in total. The van der Waals surface area contributed by atoms with E-state index >= 15 is 0 Å². The van der Waals surface area contributed by atoms with Crippen LogP contribution >= 0.6 is 11.8 Å². The lowest BCUT2D eigenvalue weighted by Gasteiger charge is -2.32. The standard InChI is InChI=1S/C11H17N5O3S/c17-10(18)9-8-20-7-6-16(9)11(19)12-2-1-4-15-5-3-13-14-15/h3,5,9H,1-2,4,6-8H2,(H,12,19)(H,17,18). The van der Waals surface area contributed by atoms with Crippen molar-refractivity contribution >= 4 is 23.8 Å². The monoisotopic (exact) mass is 299 g/mol. The Morgan fingerprint density at radius 2 is 2.35 bits per heavy atom. The van der Waals surface area contributed by atoms with Crippen molar-refractivity contribution in [2.24, 2.45) is 0 Å². The zero-order chi connectivity index (χ0) is 14.4. The Balaban J connectivity index is 1.74. The van der Waals surface area contributed by atoms with Gasteiger partial charge in [-0.1, -0.05) is 5.21 Å². The number of amides is 2. The van der Waals surface area contributed by atoms with Gasteiger partial charge in [-0.15, -0.1) is 5.10 Å². The number of hydrogen-bond acceptors (Lipinski definition) is 5. The first-order valence-electron chi connectivity index (χ1n) is 6.37. The van der Waals surface area contributed by atoms with Crippen molar-refractivity contribution in [3.63, 3.8) is 0 Å². The summed E-state index contributed by atoms with van der Waals surface area (Å²) in [6.45, 7) is 1.61. The molecule has 1 fully saturated rings. The minimum Gasteiger partial charge on any atom is -0.480 e. The molecule has 9 heteroatoms. The molecule has 1 aromatic heterocycles. The number of thioether (sulfide) groups is 1. The summed E-state index contributed by atoms with van der Waals surface area (Å²) < 4.78 is 1.68. The summed E-state index contributed by atoms with van der Waals surface area (Å²) in [5.41, 5.74) is 0. The number of carbonyl (C=O) groups excluding carboxylic acids is 1. The highest BCUT2D eigenvalue weighted by Crippen LogP contribution is 2.16. The van der Waals surface area contributed by atoms with E-state index in [1.807, 2.05) is 0 Å². The van der Waals surface area contributed by atoms with E-state index in [-0.39, 0.29) is 6.03 Å². The largest absolute Gasteiger partial charge is 0.480 e. The summed E-state index contributed by atoms with van der Waals surface area (Å²) in [7, 11) is 0. The second kappa shape index (κ2) is 7.13. The number of urea groups is 1. The summed E-state index contributed by atoms with van der Waals surface area (Å²) >= 11 is 1.56. The molecule has 0 spiro atoms. The Kier molecular flexibility index (Phi) is 5.22. The number of hydrogen-bond donors (Lipinski definition) is 2. The Morgan fingerprint density at radius 1 is 1.50 bits per heavy atom. The number of aliphatic carboxylic acids is 1.